The van der Waals surface area contributed by atoms with E-state index in [1.165, 1.54) is 4.31 Å². The van der Waals surface area contributed by atoms with Gasteiger partial charge in [-0.2, -0.15) is 4.31 Å². The molecule has 0 saturated carbocycles. The minimum absolute atomic E-state index is 0.145. The number of sulfonamides is 1. The summed E-state index contributed by atoms with van der Waals surface area (Å²) in [7, 11) is -3.72. The molecule has 0 aliphatic carbocycles. The average Bonchev–Trinajstić information content (AvgIpc) is 3.05. The second kappa shape index (κ2) is 8.98. The van der Waals surface area contributed by atoms with E-state index in [2.05, 4.69) is 5.32 Å². The van der Waals surface area contributed by atoms with Crippen LogP contribution in [0.1, 0.15) is 48.5 Å². The number of rotatable bonds is 8. The van der Waals surface area contributed by atoms with Crippen molar-refractivity contribution in [1.29, 1.82) is 0 Å². The van der Waals surface area contributed by atoms with E-state index >= 15 is 0 Å². The zero-order valence-electron chi connectivity index (χ0n) is 19.0. The van der Waals surface area contributed by atoms with Crippen molar-refractivity contribution in [2.24, 2.45) is 11.3 Å². The van der Waals surface area contributed by atoms with E-state index in [1.807, 2.05) is 27.7 Å². The molecule has 168 valence electrons. The summed E-state index contributed by atoms with van der Waals surface area (Å²) >= 11 is 0. The fraction of sp³-hybridized carbons (Fsp3) is 0.591. The molecule has 1 heterocycles. The van der Waals surface area contributed by atoms with Crippen LogP contribution in [0, 0.1) is 11.3 Å². The second-order valence-electron chi connectivity index (χ2n) is 9.83. The number of nitrogens with one attached hydrogen (secondary N) is 1. The van der Waals surface area contributed by atoms with Gasteiger partial charge in [-0.25, -0.2) is 13.2 Å². The molecule has 8 heteroatoms. The van der Waals surface area contributed by atoms with Crippen molar-refractivity contribution in [2.75, 3.05) is 19.6 Å². The molecule has 0 aliphatic rings. The van der Waals surface area contributed by atoms with E-state index in [-0.39, 0.29) is 23.9 Å². The van der Waals surface area contributed by atoms with Gasteiger partial charge in [0.25, 0.3) is 0 Å². The van der Waals surface area contributed by atoms with Crippen LogP contribution >= 0.6 is 0 Å². The minimum Gasteiger partial charge on any atom is -0.464 e. The average molecular weight is 439 g/mol. The lowest BCUT2D eigenvalue weighted by Crippen LogP contribution is -2.46. The summed E-state index contributed by atoms with van der Waals surface area (Å²) in [6.45, 7) is 14.1. The van der Waals surface area contributed by atoms with Crippen LogP contribution in [0.15, 0.2) is 39.8 Å². The van der Waals surface area contributed by atoms with E-state index in [0.29, 0.717) is 12.1 Å². The summed E-state index contributed by atoms with van der Waals surface area (Å²) in [6.07, 6.45) is 1.03. The lowest BCUT2D eigenvalue weighted by Gasteiger charge is -2.33. The fourth-order valence-electron chi connectivity index (χ4n) is 3.07. The van der Waals surface area contributed by atoms with Crippen LogP contribution < -0.4 is 5.32 Å². The first kappa shape index (κ1) is 24.2. The summed E-state index contributed by atoms with van der Waals surface area (Å²) < 4.78 is 38.9. The Hall–Kier alpha value is -2.06. The Bertz CT molecular complexity index is 971. The molecule has 2 rings (SSSR count). The van der Waals surface area contributed by atoms with Gasteiger partial charge in [0.1, 0.15) is 11.2 Å². The largest absolute Gasteiger partial charge is 0.464 e. The van der Waals surface area contributed by atoms with Crippen molar-refractivity contribution < 1.29 is 22.4 Å². The number of nitrogens with zero attached hydrogens (tertiary/aromatic N) is 1. The fourth-order valence-corrected chi connectivity index (χ4v) is 4.90. The van der Waals surface area contributed by atoms with Gasteiger partial charge in [0.05, 0.1) is 11.2 Å². The van der Waals surface area contributed by atoms with Crippen LogP contribution in [0.25, 0.3) is 11.0 Å². The molecule has 1 N–H and O–H groups in total. The summed E-state index contributed by atoms with van der Waals surface area (Å²) in [5.41, 5.74) is -0.447. The molecule has 2 aromatic rings. The van der Waals surface area contributed by atoms with E-state index in [1.54, 1.807) is 51.3 Å². The van der Waals surface area contributed by atoms with Gasteiger partial charge in [-0.3, -0.25) is 0 Å². The van der Waals surface area contributed by atoms with Crippen LogP contribution in [-0.4, -0.2) is 44.1 Å². The molecule has 0 unspecified atom stereocenters. The van der Waals surface area contributed by atoms with Crippen LogP contribution in [0.3, 0.4) is 0 Å². The molecule has 0 saturated heterocycles. The number of hydrogen-bond acceptors (Lipinski definition) is 5. The van der Waals surface area contributed by atoms with Gasteiger partial charge < -0.3 is 14.5 Å². The quantitative estimate of drug-likeness (QED) is 0.649. The molecule has 1 aromatic carbocycles. The molecule has 0 spiro atoms. The predicted octanol–water partition coefficient (Wildman–Crippen LogP) is 4.63. The van der Waals surface area contributed by atoms with Crippen molar-refractivity contribution in [1.82, 2.24) is 9.62 Å². The molecule has 0 bridgehead atoms. The van der Waals surface area contributed by atoms with Crippen LogP contribution in [0.2, 0.25) is 0 Å². The molecule has 0 fully saturated rings. The van der Waals surface area contributed by atoms with Crippen molar-refractivity contribution in [3.05, 3.63) is 30.5 Å². The van der Waals surface area contributed by atoms with Gasteiger partial charge >= 0.3 is 6.09 Å². The first-order chi connectivity index (χ1) is 13.7. The first-order valence-corrected chi connectivity index (χ1v) is 11.6. The maximum absolute atomic E-state index is 13.4. The molecule has 0 radical (unpaired) electrons. The third-order valence-corrected chi connectivity index (χ3v) is 6.15. The van der Waals surface area contributed by atoms with Gasteiger partial charge in [0.15, 0.2) is 0 Å². The third-order valence-electron chi connectivity index (χ3n) is 4.34. The molecule has 1 amide bonds. The SMILES string of the molecule is CC(C)CN(CC(C)(C)CNC(=O)OC(C)(C)C)S(=O)(=O)c1ccc2occc2c1. The molecule has 0 aliphatic heterocycles. The number of ether oxygens (including phenoxy) is 1. The highest BCUT2D eigenvalue weighted by atomic mass is 32.2. The Morgan fingerprint density at radius 2 is 1.83 bits per heavy atom. The van der Waals surface area contributed by atoms with E-state index in [4.69, 9.17) is 9.15 Å². The number of carbonyl (C=O) groups is 1. The lowest BCUT2D eigenvalue weighted by molar-refractivity contribution is 0.0502. The summed E-state index contributed by atoms with van der Waals surface area (Å²) in [4.78, 5) is 12.2. The van der Waals surface area contributed by atoms with E-state index in [9.17, 15) is 13.2 Å². The van der Waals surface area contributed by atoms with Gasteiger partial charge in [-0.15, -0.1) is 0 Å². The summed E-state index contributed by atoms with van der Waals surface area (Å²) in [6, 6.07) is 6.62. The number of amides is 1. The Kier molecular flexibility index (Phi) is 7.24. The van der Waals surface area contributed by atoms with Gasteiger partial charge in [0, 0.05) is 25.0 Å². The van der Waals surface area contributed by atoms with Crippen LogP contribution in [0.5, 0.6) is 0 Å². The van der Waals surface area contributed by atoms with Gasteiger partial charge in [0.2, 0.25) is 10.0 Å². The minimum atomic E-state index is -3.72. The Morgan fingerprint density at radius 3 is 2.43 bits per heavy atom. The summed E-state index contributed by atoms with van der Waals surface area (Å²) in [5.74, 6) is 0.145. The highest BCUT2D eigenvalue weighted by Crippen LogP contribution is 2.26. The van der Waals surface area contributed by atoms with Crippen molar-refractivity contribution in [2.45, 2.75) is 59.0 Å². The monoisotopic (exact) mass is 438 g/mol. The van der Waals surface area contributed by atoms with Crippen molar-refractivity contribution in [3.8, 4) is 0 Å². The number of alkyl carbamates (subject to hydrolysis) is 1. The number of benzene rings is 1. The predicted molar refractivity (Wildman–Crippen MR) is 118 cm³/mol. The molecule has 1 aromatic heterocycles. The molecular formula is C22H34N2O5S. The Labute approximate surface area is 179 Å². The molecule has 7 nitrogen and oxygen atoms in total. The topological polar surface area (TPSA) is 88.9 Å². The van der Waals surface area contributed by atoms with Gasteiger partial charge in [-0.1, -0.05) is 27.7 Å². The number of furan rings is 1. The maximum Gasteiger partial charge on any atom is 0.407 e. The zero-order valence-corrected chi connectivity index (χ0v) is 19.8. The Morgan fingerprint density at radius 1 is 1.17 bits per heavy atom. The zero-order chi connectivity index (χ0) is 22.7. The number of fused-ring (bicyclic) bond motifs is 1. The number of hydrogen-bond donors (Lipinski definition) is 1. The van der Waals surface area contributed by atoms with Crippen molar-refractivity contribution in [3.63, 3.8) is 0 Å². The molecule has 30 heavy (non-hydrogen) atoms. The highest BCUT2D eigenvalue weighted by Gasteiger charge is 2.32. The third kappa shape index (κ3) is 6.74. The normalized spacial score (nSPS) is 13.2. The van der Waals surface area contributed by atoms with Crippen LogP contribution in [0.4, 0.5) is 4.79 Å². The van der Waals surface area contributed by atoms with Crippen molar-refractivity contribution >= 4 is 27.1 Å². The van der Waals surface area contributed by atoms with Crippen LogP contribution in [-0.2, 0) is 14.8 Å². The molecule has 0 atom stereocenters. The summed E-state index contributed by atoms with van der Waals surface area (Å²) in [5, 5.41) is 3.50. The van der Waals surface area contributed by atoms with Gasteiger partial charge in [-0.05, 0) is 56.4 Å². The second-order valence-corrected chi connectivity index (χ2v) is 11.8. The highest BCUT2D eigenvalue weighted by molar-refractivity contribution is 7.89. The Balaban J connectivity index is 2.20. The first-order valence-electron chi connectivity index (χ1n) is 10.1. The number of carbonyl (C=O) groups excluding carboxylic acids is 1. The lowest BCUT2D eigenvalue weighted by atomic mass is 9.93. The van der Waals surface area contributed by atoms with E-state index < -0.39 is 27.1 Å². The maximum atomic E-state index is 13.4. The smallest absolute Gasteiger partial charge is 0.407 e. The molecular weight excluding hydrogens is 404 g/mol. The standard InChI is InChI=1S/C22H34N2O5S/c1-16(2)13-24(15-22(6,7)14-23-20(25)29-21(3,4)5)30(26,27)18-8-9-19-17(12-18)10-11-28-19/h8-12,16H,13-15H2,1-7H3,(H,23,25). The van der Waals surface area contributed by atoms with E-state index in [0.717, 1.165) is 5.39 Å².